The van der Waals surface area contributed by atoms with Gasteiger partial charge >= 0.3 is 0 Å². The summed E-state index contributed by atoms with van der Waals surface area (Å²) >= 11 is 0. The number of rotatable bonds is 5. The van der Waals surface area contributed by atoms with Crippen LogP contribution >= 0.6 is 0 Å². The zero-order chi connectivity index (χ0) is 15.4. The van der Waals surface area contributed by atoms with E-state index in [1.54, 1.807) is 6.07 Å². The molecule has 2 N–H and O–H groups in total. The summed E-state index contributed by atoms with van der Waals surface area (Å²) in [6, 6.07) is 9.03. The van der Waals surface area contributed by atoms with Gasteiger partial charge in [0.2, 0.25) is 0 Å². The van der Waals surface area contributed by atoms with Crippen molar-refractivity contribution < 1.29 is 13.9 Å². The van der Waals surface area contributed by atoms with Crippen LogP contribution in [0.15, 0.2) is 36.4 Å². The van der Waals surface area contributed by atoms with Crippen LogP contribution in [0.2, 0.25) is 0 Å². The fourth-order valence-electron chi connectivity index (χ4n) is 2.32. The number of nitrogens with one attached hydrogen (secondary N) is 1. The third kappa shape index (κ3) is 4.26. The number of aryl methyl sites for hydroxylation is 1. The van der Waals surface area contributed by atoms with Crippen molar-refractivity contribution in [1.29, 1.82) is 0 Å². The summed E-state index contributed by atoms with van der Waals surface area (Å²) in [4.78, 5) is 0. The minimum absolute atomic E-state index is 0.0380. The summed E-state index contributed by atoms with van der Waals surface area (Å²) < 4.78 is 26.2. The number of halogens is 2. The van der Waals surface area contributed by atoms with E-state index in [1.165, 1.54) is 12.1 Å². The molecule has 0 aliphatic heterocycles. The monoisotopic (exact) mass is 291 g/mol. The van der Waals surface area contributed by atoms with Gasteiger partial charge in [-0.1, -0.05) is 12.1 Å². The highest BCUT2D eigenvalue weighted by molar-refractivity contribution is 5.37. The van der Waals surface area contributed by atoms with E-state index in [-0.39, 0.29) is 11.8 Å². The molecule has 0 fully saturated rings. The van der Waals surface area contributed by atoms with Gasteiger partial charge in [-0.05, 0) is 56.1 Å². The fraction of sp³-hybridized carbons (Fsp3) is 0.294. The Morgan fingerprint density at radius 3 is 2.38 bits per heavy atom. The molecule has 0 saturated heterocycles. The van der Waals surface area contributed by atoms with Crippen LogP contribution in [-0.2, 0) is 6.42 Å². The van der Waals surface area contributed by atoms with Crippen molar-refractivity contribution in [3.05, 3.63) is 64.7 Å². The summed E-state index contributed by atoms with van der Waals surface area (Å²) in [7, 11) is 0. The Bertz CT molecular complexity index is 608. The SMILES string of the molecule is Cc1ccc(C(C)NCCc2cc(F)cc(F)c2)c(O)c1. The van der Waals surface area contributed by atoms with Crippen LogP contribution in [0.25, 0.3) is 0 Å². The lowest BCUT2D eigenvalue weighted by Crippen LogP contribution is -2.21. The lowest BCUT2D eigenvalue weighted by Gasteiger charge is -2.16. The lowest BCUT2D eigenvalue weighted by molar-refractivity contribution is 0.452. The molecule has 0 saturated carbocycles. The van der Waals surface area contributed by atoms with Crippen molar-refractivity contribution in [1.82, 2.24) is 5.32 Å². The highest BCUT2D eigenvalue weighted by Crippen LogP contribution is 2.24. The molecule has 4 heteroatoms. The zero-order valence-electron chi connectivity index (χ0n) is 12.2. The quantitative estimate of drug-likeness (QED) is 0.876. The van der Waals surface area contributed by atoms with Crippen LogP contribution in [-0.4, -0.2) is 11.7 Å². The minimum Gasteiger partial charge on any atom is -0.508 e. The van der Waals surface area contributed by atoms with Crippen LogP contribution < -0.4 is 5.32 Å². The minimum atomic E-state index is -0.561. The first-order chi connectivity index (χ1) is 9.95. The predicted octanol–water partition coefficient (Wildman–Crippen LogP) is 3.87. The molecule has 0 heterocycles. The summed E-state index contributed by atoms with van der Waals surface area (Å²) in [5.41, 5.74) is 2.42. The Balaban J connectivity index is 1.93. The van der Waals surface area contributed by atoms with E-state index in [9.17, 15) is 13.9 Å². The van der Waals surface area contributed by atoms with Gasteiger partial charge in [0, 0.05) is 17.7 Å². The van der Waals surface area contributed by atoms with Gasteiger partial charge in [-0.2, -0.15) is 0 Å². The number of hydrogen-bond donors (Lipinski definition) is 2. The van der Waals surface area contributed by atoms with Crippen molar-refractivity contribution in [3.63, 3.8) is 0 Å². The molecule has 0 aliphatic carbocycles. The number of benzene rings is 2. The van der Waals surface area contributed by atoms with Gasteiger partial charge in [0.15, 0.2) is 0 Å². The molecule has 0 amide bonds. The molecule has 0 aliphatic rings. The van der Waals surface area contributed by atoms with Crippen LogP contribution in [0.4, 0.5) is 8.78 Å². The Morgan fingerprint density at radius 2 is 1.76 bits per heavy atom. The van der Waals surface area contributed by atoms with Crippen LogP contribution in [0.3, 0.4) is 0 Å². The topological polar surface area (TPSA) is 32.3 Å². The van der Waals surface area contributed by atoms with E-state index in [1.807, 2.05) is 26.0 Å². The van der Waals surface area contributed by atoms with E-state index >= 15 is 0 Å². The second kappa shape index (κ2) is 6.68. The van der Waals surface area contributed by atoms with Gasteiger partial charge in [-0.15, -0.1) is 0 Å². The van der Waals surface area contributed by atoms with Crippen LogP contribution in [0, 0.1) is 18.6 Å². The van der Waals surface area contributed by atoms with E-state index in [0.717, 1.165) is 17.2 Å². The normalized spacial score (nSPS) is 12.4. The molecule has 2 aromatic rings. The largest absolute Gasteiger partial charge is 0.508 e. The molecule has 2 nitrogen and oxygen atoms in total. The highest BCUT2D eigenvalue weighted by Gasteiger charge is 2.10. The molecule has 2 rings (SSSR count). The Labute approximate surface area is 123 Å². The average molecular weight is 291 g/mol. The molecule has 0 bridgehead atoms. The first-order valence-electron chi connectivity index (χ1n) is 6.93. The maximum Gasteiger partial charge on any atom is 0.126 e. The predicted molar refractivity (Wildman–Crippen MR) is 79.3 cm³/mol. The third-order valence-corrected chi connectivity index (χ3v) is 3.44. The van der Waals surface area contributed by atoms with Gasteiger partial charge in [-0.25, -0.2) is 8.78 Å². The maximum atomic E-state index is 13.1. The van der Waals surface area contributed by atoms with Crippen molar-refractivity contribution in [2.75, 3.05) is 6.54 Å². The molecular formula is C17H19F2NO. The van der Waals surface area contributed by atoms with Crippen molar-refractivity contribution in [2.24, 2.45) is 0 Å². The molecule has 0 aromatic heterocycles. The van der Waals surface area contributed by atoms with Crippen LogP contribution in [0.5, 0.6) is 5.75 Å². The second-order valence-corrected chi connectivity index (χ2v) is 5.27. The smallest absolute Gasteiger partial charge is 0.126 e. The van der Waals surface area contributed by atoms with Gasteiger partial charge in [0.1, 0.15) is 17.4 Å². The first kappa shape index (κ1) is 15.4. The first-order valence-corrected chi connectivity index (χ1v) is 6.93. The molecule has 2 aromatic carbocycles. The fourth-order valence-corrected chi connectivity index (χ4v) is 2.32. The van der Waals surface area contributed by atoms with Crippen molar-refractivity contribution in [2.45, 2.75) is 26.3 Å². The third-order valence-electron chi connectivity index (χ3n) is 3.44. The second-order valence-electron chi connectivity index (χ2n) is 5.27. The Kier molecular flexibility index (Phi) is 4.91. The van der Waals surface area contributed by atoms with Gasteiger partial charge in [-0.3, -0.25) is 0 Å². The van der Waals surface area contributed by atoms with Gasteiger partial charge in [0.25, 0.3) is 0 Å². The molecule has 112 valence electrons. The number of aromatic hydroxyl groups is 1. The summed E-state index contributed by atoms with van der Waals surface area (Å²) in [5.74, 6) is -0.866. The number of hydrogen-bond acceptors (Lipinski definition) is 2. The molecule has 0 spiro atoms. The summed E-state index contributed by atoms with van der Waals surface area (Å²) in [6.45, 7) is 4.42. The Morgan fingerprint density at radius 1 is 1.10 bits per heavy atom. The Hall–Kier alpha value is -1.94. The van der Waals surface area contributed by atoms with Crippen molar-refractivity contribution >= 4 is 0 Å². The van der Waals surface area contributed by atoms with Crippen molar-refractivity contribution in [3.8, 4) is 5.75 Å². The van der Waals surface area contributed by atoms with E-state index in [4.69, 9.17) is 0 Å². The highest BCUT2D eigenvalue weighted by atomic mass is 19.1. The standard InChI is InChI=1S/C17H19F2NO/c1-11-3-4-16(17(21)7-11)12(2)20-6-5-13-8-14(18)10-15(19)9-13/h3-4,7-10,12,20-21H,5-6H2,1-2H3. The van der Waals surface area contributed by atoms with Gasteiger partial charge in [0.05, 0.1) is 0 Å². The molecule has 21 heavy (non-hydrogen) atoms. The lowest BCUT2D eigenvalue weighted by atomic mass is 10.0. The zero-order valence-corrected chi connectivity index (χ0v) is 12.2. The average Bonchev–Trinajstić information content (AvgIpc) is 2.37. The summed E-state index contributed by atoms with van der Waals surface area (Å²) in [6.07, 6.45) is 0.519. The van der Waals surface area contributed by atoms with Crippen LogP contribution in [0.1, 0.15) is 29.7 Å². The summed E-state index contributed by atoms with van der Waals surface area (Å²) in [5, 5.41) is 13.2. The molecular weight excluding hydrogens is 272 g/mol. The molecule has 1 unspecified atom stereocenters. The van der Waals surface area contributed by atoms with Gasteiger partial charge < -0.3 is 10.4 Å². The number of phenols is 1. The molecule has 1 atom stereocenters. The number of phenolic OH excluding ortho intramolecular Hbond substituents is 1. The van der Waals surface area contributed by atoms with E-state index < -0.39 is 11.6 Å². The van der Waals surface area contributed by atoms with E-state index in [0.29, 0.717) is 18.5 Å². The van der Waals surface area contributed by atoms with E-state index in [2.05, 4.69) is 5.32 Å². The molecule has 0 radical (unpaired) electrons. The maximum absolute atomic E-state index is 13.1.